The lowest BCUT2D eigenvalue weighted by atomic mass is 9.77. The van der Waals surface area contributed by atoms with Crippen LogP contribution in [0.3, 0.4) is 0 Å². The number of aromatic nitrogens is 3. The predicted molar refractivity (Wildman–Crippen MR) is 77.9 cm³/mol. The molecule has 6 heteroatoms. The van der Waals surface area contributed by atoms with Crippen LogP contribution in [0.4, 0.5) is 0 Å². The molecule has 1 aromatic carbocycles. The largest absolute Gasteiger partial charge is 0.494 e. The molecule has 0 unspecified atom stereocenters. The van der Waals surface area contributed by atoms with Crippen LogP contribution in [0.1, 0.15) is 25.1 Å². The van der Waals surface area contributed by atoms with Crippen molar-refractivity contribution >= 4 is 11.1 Å². The van der Waals surface area contributed by atoms with Crippen molar-refractivity contribution in [2.24, 2.45) is 5.73 Å². The molecule has 1 aliphatic rings. The van der Waals surface area contributed by atoms with Gasteiger partial charge < -0.3 is 19.9 Å². The Labute approximate surface area is 121 Å². The van der Waals surface area contributed by atoms with Gasteiger partial charge in [-0.15, -0.1) is 0 Å². The van der Waals surface area contributed by atoms with Gasteiger partial charge in [0.2, 0.25) is 5.89 Å². The molecule has 0 atom stereocenters. The molecule has 21 heavy (non-hydrogen) atoms. The maximum Gasteiger partial charge on any atom is 0.245 e. The lowest BCUT2D eigenvalue weighted by Crippen LogP contribution is -2.44. The highest BCUT2D eigenvalue weighted by Gasteiger charge is 2.37. The van der Waals surface area contributed by atoms with E-state index in [0.29, 0.717) is 22.7 Å². The quantitative estimate of drug-likeness (QED) is 0.771. The summed E-state index contributed by atoms with van der Waals surface area (Å²) in [5.74, 6) is 1.99. The van der Waals surface area contributed by atoms with Crippen LogP contribution >= 0.6 is 0 Å². The van der Waals surface area contributed by atoms with Gasteiger partial charge in [-0.3, -0.25) is 0 Å². The average molecular weight is 284 g/mol. The van der Waals surface area contributed by atoms with E-state index in [1.54, 1.807) is 13.3 Å². The number of nitrogens with one attached hydrogen (secondary N) is 1. The Hall–Kier alpha value is -2.34. The van der Waals surface area contributed by atoms with E-state index >= 15 is 0 Å². The van der Waals surface area contributed by atoms with Crippen LogP contribution in [-0.4, -0.2) is 22.1 Å². The van der Waals surface area contributed by atoms with Gasteiger partial charge in [0.25, 0.3) is 0 Å². The number of imidazole rings is 1. The van der Waals surface area contributed by atoms with Crippen LogP contribution in [0.25, 0.3) is 22.7 Å². The zero-order chi connectivity index (χ0) is 14.4. The third-order valence-electron chi connectivity index (χ3n) is 4.13. The first-order valence-corrected chi connectivity index (χ1v) is 6.98. The van der Waals surface area contributed by atoms with Crippen LogP contribution < -0.4 is 10.5 Å². The number of hydrogen-bond donors (Lipinski definition) is 2. The van der Waals surface area contributed by atoms with Gasteiger partial charge in [-0.25, -0.2) is 9.97 Å². The zero-order valence-electron chi connectivity index (χ0n) is 11.7. The first-order chi connectivity index (χ1) is 10.2. The van der Waals surface area contributed by atoms with E-state index in [1.807, 2.05) is 18.2 Å². The molecule has 108 valence electrons. The second kappa shape index (κ2) is 4.33. The molecule has 0 saturated heterocycles. The molecule has 0 amide bonds. The SMILES string of the molecule is COc1cccc2oc(-c3cnc(C4(N)CCC4)[nH]3)nc12. The number of aromatic amines is 1. The molecule has 0 spiro atoms. The van der Waals surface area contributed by atoms with Gasteiger partial charge in [0.05, 0.1) is 18.8 Å². The Balaban J connectivity index is 1.76. The average Bonchev–Trinajstić information content (AvgIpc) is 3.10. The smallest absolute Gasteiger partial charge is 0.245 e. The summed E-state index contributed by atoms with van der Waals surface area (Å²) in [6.07, 6.45) is 4.79. The first-order valence-electron chi connectivity index (χ1n) is 6.98. The van der Waals surface area contributed by atoms with Gasteiger partial charge >= 0.3 is 0 Å². The maximum atomic E-state index is 6.27. The Morgan fingerprint density at radius 1 is 1.38 bits per heavy atom. The molecule has 6 nitrogen and oxygen atoms in total. The summed E-state index contributed by atoms with van der Waals surface area (Å²) >= 11 is 0. The molecule has 0 radical (unpaired) electrons. The highest BCUT2D eigenvalue weighted by Crippen LogP contribution is 2.38. The minimum absolute atomic E-state index is 0.318. The van der Waals surface area contributed by atoms with E-state index in [9.17, 15) is 0 Å². The fourth-order valence-electron chi connectivity index (χ4n) is 2.68. The van der Waals surface area contributed by atoms with Crippen molar-refractivity contribution in [3.8, 4) is 17.3 Å². The minimum atomic E-state index is -0.318. The van der Waals surface area contributed by atoms with Crippen molar-refractivity contribution in [1.29, 1.82) is 0 Å². The summed E-state index contributed by atoms with van der Waals surface area (Å²) in [4.78, 5) is 12.1. The molecule has 1 saturated carbocycles. The Morgan fingerprint density at radius 2 is 2.24 bits per heavy atom. The van der Waals surface area contributed by atoms with Gasteiger partial charge in [-0.2, -0.15) is 0 Å². The summed E-state index contributed by atoms with van der Waals surface area (Å²) in [5, 5.41) is 0. The fourth-order valence-corrected chi connectivity index (χ4v) is 2.68. The molecule has 2 aromatic heterocycles. The summed E-state index contributed by atoms with van der Waals surface area (Å²) < 4.78 is 11.1. The van der Waals surface area contributed by atoms with Crippen molar-refractivity contribution in [3.05, 3.63) is 30.2 Å². The van der Waals surface area contributed by atoms with Crippen molar-refractivity contribution in [1.82, 2.24) is 15.0 Å². The minimum Gasteiger partial charge on any atom is -0.494 e. The van der Waals surface area contributed by atoms with Gasteiger partial charge in [-0.05, 0) is 31.4 Å². The summed E-state index contributed by atoms with van der Waals surface area (Å²) in [6, 6.07) is 5.59. The Kier molecular flexibility index (Phi) is 2.56. The highest BCUT2D eigenvalue weighted by atomic mass is 16.5. The van der Waals surface area contributed by atoms with Gasteiger partial charge in [0, 0.05) is 0 Å². The number of hydrogen-bond acceptors (Lipinski definition) is 5. The first kappa shape index (κ1) is 12.4. The van der Waals surface area contributed by atoms with Crippen molar-refractivity contribution in [2.75, 3.05) is 7.11 Å². The van der Waals surface area contributed by atoms with Crippen LogP contribution in [0, 0.1) is 0 Å². The second-order valence-corrected chi connectivity index (χ2v) is 5.48. The van der Waals surface area contributed by atoms with Gasteiger partial charge in [0.1, 0.15) is 17.3 Å². The number of methoxy groups -OCH3 is 1. The van der Waals surface area contributed by atoms with E-state index < -0.39 is 0 Å². The molecule has 4 rings (SSSR count). The molecular formula is C15H16N4O2. The molecule has 0 aliphatic heterocycles. The number of ether oxygens (including phenoxy) is 1. The van der Waals surface area contributed by atoms with Crippen LogP contribution in [0.5, 0.6) is 5.75 Å². The molecular weight excluding hydrogens is 268 g/mol. The maximum absolute atomic E-state index is 6.27. The predicted octanol–water partition coefficient (Wildman–Crippen LogP) is 2.56. The van der Waals surface area contributed by atoms with E-state index in [1.165, 1.54) is 0 Å². The number of oxazole rings is 1. The number of fused-ring (bicyclic) bond motifs is 1. The van der Waals surface area contributed by atoms with E-state index in [4.69, 9.17) is 14.9 Å². The number of rotatable bonds is 3. The van der Waals surface area contributed by atoms with E-state index in [2.05, 4.69) is 15.0 Å². The third kappa shape index (κ3) is 1.83. The lowest BCUT2D eigenvalue weighted by molar-refractivity contribution is 0.240. The fraction of sp³-hybridized carbons (Fsp3) is 0.333. The zero-order valence-corrected chi connectivity index (χ0v) is 11.7. The van der Waals surface area contributed by atoms with Gasteiger partial charge in [-0.1, -0.05) is 6.07 Å². The van der Waals surface area contributed by atoms with Gasteiger partial charge in [0.15, 0.2) is 11.1 Å². The van der Waals surface area contributed by atoms with Crippen LogP contribution in [0.2, 0.25) is 0 Å². The Bertz CT molecular complexity index is 801. The number of H-pyrrole nitrogens is 1. The Morgan fingerprint density at radius 3 is 2.95 bits per heavy atom. The molecule has 0 bridgehead atoms. The number of para-hydroxylation sites is 1. The van der Waals surface area contributed by atoms with Crippen LogP contribution in [-0.2, 0) is 5.54 Å². The summed E-state index contributed by atoms with van der Waals surface area (Å²) in [5.41, 5.74) is 8.08. The monoisotopic (exact) mass is 284 g/mol. The molecule has 2 heterocycles. The van der Waals surface area contributed by atoms with Crippen LogP contribution in [0.15, 0.2) is 28.8 Å². The third-order valence-corrected chi connectivity index (χ3v) is 4.13. The lowest BCUT2D eigenvalue weighted by Gasteiger charge is -2.35. The molecule has 3 aromatic rings. The van der Waals surface area contributed by atoms with E-state index in [0.717, 1.165) is 30.8 Å². The van der Waals surface area contributed by atoms with E-state index in [-0.39, 0.29) is 5.54 Å². The molecule has 3 N–H and O–H groups in total. The molecule has 1 fully saturated rings. The van der Waals surface area contributed by atoms with Crippen molar-refractivity contribution in [2.45, 2.75) is 24.8 Å². The number of nitrogens with two attached hydrogens (primary N) is 1. The number of nitrogens with zero attached hydrogens (tertiary/aromatic N) is 2. The number of benzene rings is 1. The summed E-state index contributed by atoms with van der Waals surface area (Å²) in [7, 11) is 1.62. The topological polar surface area (TPSA) is 90.0 Å². The highest BCUT2D eigenvalue weighted by molar-refractivity contribution is 5.81. The summed E-state index contributed by atoms with van der Waals surface area (Å²) in [6.45, 7) is 0. The van der Waals surface area contributed by atoms with Crippen molar-refractivity contribution in [3.63, 3.8) is 0 Å². The standard InChI is InChI=1S/C15H16N4O2/c1-20-10-4-2-5-11-12(10)19-13(21-11)9-8-17-14(18-9)15(16)6-3-7-15/h2,4-5,8H,3,6-7,16H2,1H3,(H,17,18). The second-order valence-electron chi connectivity index (χ2n) is 5.48. The molecule has 1 aliphatic carbocycles. The normalized spacial score (nSPS) is 16.9. The van der Waals surface area contributed by atoms with Crippen molar-refractivity contribution < 1.29 is 9.15 Å².